The van der Waals surface area contributed by atoms with Gasteiger partial charge in [0.1, 0.15) is 0 Å². The molecule has 1 fully saturated rings. The van der Waals surface area contributed by atoms with Crippen LogP contribution in [0.1, 0.15) is 16.7 Å². The van der Waals surface area contributed by atoms with Gasteiger partial charge in [-0.1, -0.05) is 78.3 Å². The zero-order chi connectivity index (χ0) is 21.4. The number of nitrogens with one attached hydrogen (secondary N) is 1. The van der Waals surface area contributed by atoms with E-state index in [1.54, 1.807) is 12.3 Å². The van der Waals surface area contributed by atoms with Crippen molar-refractivity contribution in [1.82, 2.24) is 15.2 Å². The van der Waals surface area contributed by atoms with Gasteiger partial charge in [0.2, 0.25) is 0 Å². The lowest BCUT2D eigenvalue weighted by molar-refractivity contribution is -0.130. The summed E-state index contributed by atoms with van der Waals surface area (Å²) >= 11 is 6.31. The fraction of sp³-hybridized carbons (Fsp3) is 0.0800. The van der Waals surface area contributed by atoms with Crippen LogP contribution in [0.2, 0.25) is 5.02 Å². The third kappa shape index (κ3) is 3.05. The Balaban J connectivity index is 1.61. The molecule has 4 aromatic rings. The van der Waals surface area contributed by atoms with Crippen molar-refractivity contribution >= 4 is 34.4 Å². The van der Waals surface area contributed by atoms with Crippen LogP contribution in [0.3, 0.4) is 0 Å². The van der Waals surface area contributed by atoms with Gasteiger partial charge < -0.3 is 5.32 Å². The van der Waals surface area contributed by atoms with Gasteiger partial charge in [0, 0.05) is 16.6 Å². The van der Waals surface area contributed by atoms with Crippen LogP contribution in [0.4, 0.5) is 4.79 Å². The van der Waals surface area contributed by atoms with Crippen molar-refractivity contribution < 1.29 is 9.59 Å². The smallest absolute Gasteiger partial charge is 0.315 e. The summed E-state index contributed by atoms with van der Waals surface area (Å²) in [5.41, 5.74) is 1.56. The highest BCUT2D eigenvalue weighted by atomic mass is 35.5. The number of halogens is 1. The lowest BCUT2D eigenvalue weighted by Crippen LogP contribution is -2.45. The molecular formula is C25H18ClN3O2. The molecule has 1 saturated heterocycles. The fourth-order valence-electron chi connectivity index (χ4n) is 4.15. The molecule has 31 heavy (non-hydrogen) atoms. The molecule has 0 unspecified atom stereocenters. The van der Waals surface area contributed by atoms with Crippen molar-refractivity contribution in [2.24, 2.45) is 0 Å². The first kappa shape index (κ1) is 19.3. The van der Waals surface area contributed by atoms with E-state index in [0.717, 1.165) is 10.9 Å². The Morgan fingerprint density at radius 2 is 1.48 bits per heavy atom. The summed E-state index contributed by atoms with van der Waals surface area (Å²) in [7, 11) is 0. The number of hydrogen-bond acceptors (Lipinski definition) is 3. The first-order chi connectivity index (χ1) is 15.1. The predicted octanol–water partition coefficient (Wildman–Crippen LogP) is 4.88. The average Bonchev–Trinajstić information content (AvgIpc) is 3.08. The van der Waals surface area contributed by atoms with Crippen LogP contribution >= 0.6 is 11.6 Å². The van der Waals surface area contributed by atoms with Gasteiger partial charge in [-0.05, 0) is 34.9 Å². The van der Waals surface area contributed by atoms with E-state index < -0.39 is 11.6 Å². The van der Waals surface area contributed by atoms with Crippen molar-refractivity contribution in [2.45, 2.75) is 12.1 Å². The number of urea groups is 1. The van der Waals surface area contributed by atoms with Crippen LogP contribution in [0.5, 0.6) is 0 Å². The number of rotatable bonds is 4. The molecular weight excluding hydrogens is 410 g/mol. The second-order valence-corrected chi connectivity index (χ2v) is 7.82. The molecule has 3 aromatic carbocycles. The van der Waals surface area contributed by atoms with Gasteiger partial charge in [-0.3, -0.25) is 14.7 Å². The number of hydrogen-bond donors (Lipinski definition) is 1. The Hall–Kier alpha value is -3.70. The van der Waals surface area contributed by atoms with Gasteiger partial charge in [-0.25, -0.2) is 4.79 Å². The summed E-state index contributed by atoms with van der Waals surface area (Å²) in [4.78, 5) is 32.6. The molecule has 5 nitrogen and oxygen atoms in total. The van der Waals surface area contributed by atoms with Gasteiger partial charge in [0.05, 0.1) is 12.1 Å². The van der Waals surface area contributed by atoms with Crippen LogP contribution in [0, 0.1) is 0 Å². The number of amides is 3. The number of carbonyl (C=O) groups is 2. The zero-order valence-corrected chi connectivity index (χ0v) is 17.2. The zero-order valence-electron chi connectivity index (χ0n) is 16.5. The molecule has 152 valence electrons. The third-order valence-corrected chi connectivity index (χ3v) is 5.98. The summed E-state index contributed by atoms with van der Waals surface area (Å²) in [6, 6.07) is 25.4. The largest absolute Gasteiger partial charge is 0.325 e. The highest BCUT2D eigenvalue weighted by Gasteiger charge is 2.53. The van der Waals surface area contributed by atoms with Crippen molar-refractivity contribution in [3.63, 3.8) is 0 Å². The van der Waals surface area contributed by atoms with E-state index >= 15 is 0 Å². The number of fused-ring (bicyclic) bond motifs is 1. The minimum Gasteiger partial charge on any atom is -0.315 e. The minimum atomic E-state index is -1.28. The van der Waals surface area contributed by atoms with E-state index in [9.17, 15) is 9.59 Å². The molecule has 1 N–H and O–H groups in total. The molecule has 0 saturated carbocycles. The molecule has 2 heterocycles. The lowest BCUT2D eigenvalue weighted by atomic mass is 9.82. The third-order valence-electron chi connectivity index (χ3n) is 5.65. The SMILES string of the molecule is O=C1NC(c2ccccc2)(c2ccccc2)C(=O)N1Cc1ccc(Cl)c2cccnc12. The van der Waals surface area contributed by atoms with Crippen LogP contribution in [-0.2, 0) is 16.9 Å². The number of imide groups is 1. The topological polar surface area (TPSA) is 62.3 Å². The molecule has 1 aliphatic rings. The van der Waals surface area contributed by atoms with E-state index in [2.05, 4.69) is 10.3 Å². The second-order valence-electron chi connectivity index (χ2n) is 7.41. The first-order valence-electron chi connectivity index (χ1n) is 9.88. The van der Waals surface area contributed by atoms with E-state index in [0.29, 0.717) is 21.7 Å². The maximum atomic E-state index is 13.8. The van der Waals surface area contributed by atoms with E-state index in [1.165, 1.54) is 4.90 Å². The van der Waals surface area contributed by atoms with Gasteiger partial charge in [0.25, 0.3) is 5.91 Å². The first-order valence-corrected chi connectivity index (χ1v) is 10.3. The highest BCUT2D eigenvalue weighted by molar-refractivity contribution is 6.35. The van der Waals surface area contributed by atoms with E-state index in [1.807, 2.05) is 78.9 Å². The lowest BCUT2D eigenvalue weighted by Gasteiger charge is -2.28. The summed E-state index contributed by atoms with van der Waals surface area (Å²) in [5, 5.41) is 4.33. The second kappa shape index (κ2) is 7.52. The van der Waals surface area contributed by atoms with Crippen LogP contribution in [-0.4, -0.2) is 21.8 Å². The molecule has 0 bridgehead atoms. The summed E-state index contributed by atoms with van der Waals surface area (Å²) in [6.45, 7) is 0.0940. The molecule has 1 aromatic heterocycles. The maximum Gasteiger partial charge on any atom is 0.325 e. The maximum absolute atomic E-state index is 13.8. The fourth-order valence-corrected chi connectivity index (χ4v) is 4.36. The van der Waals surface area contributed by atoms with E-state index in [4.69, 9.17) is 11.6 Å². The monoisotopic (exact) mass is 427 g/mol. The quantitative estimate of drug-likeness (QED) is 0.472. The molecule has 1 aliphatic heterocycles. The molecule has 0 atom stereocenters. The molecule has 6 heteroatoms. The van der Waals surface area contributed by atoms with Gasteiger partial charge in [-0.15, -0.1) is 0 Å². The Labute approximate surface area is 184 Å². The minimum absolute atomic E-state index is 0.0940. The molecule has 0 radical (unpaired) electrons. The van der Waals surface area contributed by atoms with Crippen LogP contribution < -0.4 is 5.32 Å². The molecule has 5 rings (SSSR count). The summed E-state index contributed by atoms with van der Waals surface area (Å²) in [6.07, 6.45) is 1.67. The van der Waals surface area contributed by atoms with Crippen molar-refractivity contribution in [1.29, 1.82) is 0 Å². The molecule has 0 spiro atoms. The van der Waals surface area contributed by atoms with Gasteiger partial charge in [0.15, 0.2) is 5.54 Å². The Morgan fingerprint density at radius 1 is 0.839 bits per heavy atom. The number of aromatic nitrogens is 1. The van der Waals surface area contributed by atoms with Crippen molar-refractivity contribution in [2.75, 3.05) is 0 Å². The molecule has 0 aliphatic carbocycles. The van der Waals surface area contributed by atoms with Crippen molar-refractivity contribution in [3.8, 4) is 0 Å². The number of benzene rings is 3. The normalized spacial score (nSPS) is 15.3. The van der Waals surface area contributed by atoms with Crippen LogP contribution in [0.25, 0.3) is 10.9 Å². The number of pyridine rings is 1. The Morgan fingerprint density at radius 3 is 2.13 bits per heavy atom. The summed E-state index contributed by atoms with van der Waals surface area (Å²) in [5.74, 6) is -0.325. The van der Waals surface area contributed by atoms with Crippen molar-refractivity contribution in [3.05, 3.63) is 113 Å². The Kier molecular flexibility index (Phi) is 4.68. The van der Waals surface area contributed by atoms with Crippen LogP contribution in [0.15, 0.2) is 91.1 Å². The standard InChI is InChI=1S/C25H18ClN3O2/c26-21-14-13-17(22-20(21)12-7-15-27-22)16-29-23(30)25(28-24(29)31,18-8-3-1-4-9-18)19-10-5-2-6-11-19/h1-15H,16H2,(H,28,31). The predicted molar refractivity (Wildman–Crippen MR) is 119 cm³/mol. The van der Waals surface area contributed by atoms with E-state index in [-0.39, 0.29) is 12.5 Å². The summed E-state index contributed by atoms with van der Waals surface area (Å²) < 4.78 is 0. The molecule has 3 amide bonds. The average molecular weight is 428 g/mol. The number of nitrogens with zero attached hydrogens (tertiary/aromatic N) is 2. The van der Waals surface area contributed by atoms with Gasteiger partial charge in [-0.2, -0.15) is 0 Å². The Bertz CT molecular complexity index is 1250. The highest BCUT2D eigenvalue weighted by Crippen LogP contribution is 2.37. The number of carbonyl (C=O) groups excluding carboxylic acids is 2. The van der Waals surface area contributed by atoms with Gasteiger partial charge >= 0.3 is 6.03 Å².